The summed E-state index contributed by atoms with van der Waals surface area (Å²) in [5.41, 5.74) is 9.45. The van der Waals surface area contributed by atoms with Gasteiger partial charge in [0.2, 0.25) is 5.91 Å². The molecule has 23 heavy (non-hydrogen) atoms. The van der Waals surface area contributed by atoms with Gasteiger partial charge in [0.1, 0.15) is 17.7 Å². The average Bonchev–Trinajstić information content (AvgIpc) is 2.48. The molecule has 1 aromatic carbocycles. The van der Waals surface area contributed by atoms with Crippen molar-refractivity contribution < 1.29 is 27.8 Å². The molecule has 118 valence electrons. The SMILES string of the molecule is CC1=C2C(=C=C=C1Oc1cc(F)cc(C(N)=O)c1)C(F)(F)C2O. The minimum Gasteiger partial charge on any atom is -0.448 e. The van der Waals surface area contributed by atoms with Crippen molar-refractivity contribution in [2.24, 2.45) is 5.73 Å². The number of ether oxygens (including phenoxy) is 1. The molecule has 2 aliphatic carbocycles. The van der Waals surface area contributed by atoms with Gasteiger partial charge in [0, 0.05) is 22.8 Å². The number of carbonyl (C=O) groups is 1. The second kappa shape index (κ2) is 4.89. The molecule has 2 aliphatic rings. The molecular weight excluding hydrogens is 311 g/mol. The molecule has 1 aromatic rings. The molecule has 0 aliphatic heterocycles. The molecule has 0 heterocycles. The van der Waals surface area contributed by atoms with Crippen molar-refractivity contribution in [3.8, 4) is 5.75 Å². The third-order valence-electron chi connectivity index (χ3n) is 3.64. The maximum atomic E-state index is 13.5. The molecule has 0 radical (unpaired) electrons. The maximum Gasteiger partial charge on any atom is 0.310 e. The normalized spacial score (nSPS) is 21.2. The van der Waals surface area contributed by atoms with Crippen LogP contribution in [0.1, 0.15) is 17.3 Å². The fraction of sp³-hybridized carbons (Fsp3) is 0.188. The number of rotatable bonds is 3. The summed E-state index contributed by atoms with van der Waals surface area (Å²) in [4.78, 5) is 11.1. The highest BCUT2D eigenvalue weighted by Crippen LogP contribution is 2.50. The summed E-state index contributed by atoms with van der Waals surface area (Å²) in [7, 11) is 0. The molecule has 1 unspecified atom stereocenters. The van der Waals surface area contributed by atoms with Crippen LogP contribution >= 0.6 is 0 Å². The molecule has 0 spiro atoms. The lowest BCUT2D eigenvalue weighted by atomic mass is 9.74. The van der Waals surface area contributed by atoms with Crippen LogP contribution in [0.3, 0.4) is 0 Å². The van der Waals surface area contributed by atoms with E-state index in [4.69, 9.17) is 10.5 Å². The molecule has 7 heteroatoms. The smallest absolute Gasteiger partial charge is 0.310 e. The predicted molar refractivity (Wildman–Crippen MR) is 73.3 cm³/mol. The van der Waals surface area contributed by atoms with E-state index in [1.807, 2.05) is 0 Å². The van der Waals surface area contributed by atoms with Crippen molar-refractivity contribution in [3.05, 3.63) is 63.5 Å². The zero-order valence-electron chi connectivity index (χ0n) is 11.8. The van der Waals surface area contributed by atoms with Gasteiger partial charge in [-0.05, 0) is 24.8 Å². The number of halogens is 3. The number of nitrogens with two attached hydrogens (primary N) is 1. The Kier molecular flexibility index (Phi) is 3.23. The van der Waals surface area contributed by atoms with Gasteiger partial charge in [-0.3, -0.25) is 4.79 Å². The quantitative estimate of drug-likeness (QED) is 0.839. The second-order valence-corrected chi connectivity index (χ2v) is 5.16. The highest BCUT2D eigenvalue weighted by molar-refractivity contribution is 5.93. The lowest BCUT2D eigenvalue weighted by Crippen LogP contribution is -2.50. The van der Waals surface area contributed by atoms with Crippen LogP contribution in [-0.2, 0) is 0 Å². The van der Waals surface area contributed by atoms with Crippen molar-refractivity contribution in [2.75, 3.05) is 0 Å². The summed E-state index contributed by atoms with van der Waals surface area (Å²) in [5, 5.41) is 9.50. The van der Waals surface area contributed by atoms with E-state index in [0.29, 0.717) is 0 Å². The Balaban J connectivity index is 2.01. The van der Waals surface area contributed by atoms with Gasteiger partial charge >= 0.3 is 5.92 Å². The van der Waals surface area contributed by atoms with E-state index in [2.05, 4.69) is 11.5 Å². The molecule has 1 fully saturated rings. The molecule has 0 saturated heterocycles. The molecule has 1 atom stereocenters. The van der Waals surface area contributed by atoms with E-state index in [9.17, 15) is 23.1 Å². The van der Waals surface area contributed by atoms with E-state index < -0.39 is 29.3 Å². The van der Waals surface area contributed by atoms with Gasteiger partial charge in [-0.2, -0.15) is 8.78 Å². The Labute approximate surface area is 128 Å². The number of primary amides is 1. The molecule has 3 rings (SSSR count). The second-order valence-electron chi connectivity index (χ2n) is 5.16. The van der Waals surface area contributed by atoms with Gasteiger partial charge in [0.05, 0.1) is 5.57 Å². The van der Waals surface area contributed by atoms with Crippen molar-refractivity contribution in [1.29, 1.82) is 0 Å². The fourth-order valence-electron chi connectivity index (χ4n) is 2.42. The molecular formula is C16H10F3NO3. The zero-order chi connectivity index (χ0) is 16.9. The number of allylic oxidation sites excluding steroid dienone is 1. The Bertz CT molecular complexity index is 873. The van der Waals surface area contributed by atoms with E-state index in [1.54, 1.807) is 0 Å². The van der Waals surface area contributed by atoms with Gasteiger partial charge in [0.25, 0.3) is 0 Å². The van der Waals surface area contributed by atoms with Crippen molar-refractivity contribution in [3.63, 3.8) is 0 Å². The summed E-state index contributed by atoms with van der Waals surface area (Å²) in [6, 6.07) is 3.16. The number of carbonyl (C=O) groups excluding carboxylic acids is 1. The van der Waals surface area contributed by atoms with Crippen LogP contribution in [0.25, 0.3) is 0 Å². The summed E-state index contributed by atoms with van der Waals surface area (Å²) in [5.74, 6) is -5.00. The number of aliphatic hydroxyl groups excluding tert-OH is 1. The van der Waals surface area contributed by atoms with Gasteiger partial charge in [-0.1, -0.05) is 5.73 Å². The van der Waals surface area contributed by atoms with Crippen LogP contribution in [0.15, 0.2) is 52.1 Å². The number of hydrogen-bond donors (Lipinski definition) is 2. The first-order valence-electron chi connectivity index (χ1n) is 6.54. The monoisotopic (exact) mass is 321 g/mol. The Morgan fingerprint density at radius 2 is 2.04 bits per heavy atom. The van der Waals surface area contributed by atoms with E-state index in [-0.39, 0.29) is 28.2 Å². The average molecular weight is 321 g/mol. The third-order valence-corrected chi connectivity index (χ3v) is 3.64. The van der Waals surface area contributed by atoms with E-state index in [1.165, 1.54) is 13.0 Å². The molecule has 3 N–H and O–H groups in total. The lowest BCUT2D eigenvalue weighted by Gasteiger charge is -2.39. The van der Waals surface area contributed by atoms with Crippen LogP contribution < -0.4 is 10.5 Å². The molecule has 0 bridgehead atoms. The van der Waals surface area contributed by atoms with Crippen LogP contribution in [0.2, 0.25) is 0 Å². The largest absolute Gasteiger partial charge is 0.448 e. The molecule has 1 saturated carbocycles. The topological polar surface area (TPSA) is 72.5 Å². The van der Waals surface area contributed by atoms with Crippen LogP contribution in [0.5, 0.6) is 5.75 Å². The summed E-state index contributed by atoms with van der Waals surface area (Å²) in [6.07, 6.45) is -1.95. The van der Waals surface area contributed by atoms with Gasteiger partial charge in [-0.25, -0.2) is 4.39 Å². The number of fused-ring (bicyclic) bond motifs is 1. The van der Waals surface area contributed by atoms with Gasteiger partial charge in [0.15, 0.2) is 5.76 Å². The molecule has 4 nitrogen and oxygen atoms in total. The maximum absolute atomic E-state index is 13.5. The minimum atomic E-state index is -3.37. The fourth-order valence-corrected chi connectivity index (χ4v) is 2.42. The standard InChI is InChI=1S/C16H10F3NO3/c1-7-12(3-2-11-13(7)14(21)16(11,18)19)23-10-5-8(15(20)22)4-9(17)6-10/h4-6,14,21H,1H3,(H2,20,22). The van der Waals surface area contributed by atoms with Gasteiger partial charge in [-0.15, -0.1) is 0 Å². The molecule has 0 aromatic heterocycles. The predicted octanol–water partition coefficient (Wildman–Crippen LogP) is 2.21. The van der Waals surface area contributed by atoms with E-state index in [0.717, 1.165) is 12.1 Å². The number of benzene rings is 1. The first-order valence-corrected chi connectivity index (χ1v) is 6.54. The highest BCUT2D eigenvalue weighted by Gasteiger charge is 2.59. The van der Waals surface area contributed by atoms with Crippen molar-refractivity contribution in [1.82, 2.24) is 0 Å². The lowest BCUT2D eigenvalue weighted by molar-refractivity contribution is -0.0920. The van der Waals surface area contributed by atoms with E-state index >= 15 is 0 Å². The Morgan fingerprint density at radius 3 is 2.70 bits per heavy atom. The molecule has 1 amide bonds. The summed E-state index contributed by atoms with van der Waals surface area (Å²) in [6.45, 7) is 1.46. The van der Waals surface area contributed by atoms with Crippen molar-refractivity contribution >= 4 is 5.91 Å². The number of hydrogen-bond acceptors (Lipinski definition) is 3. The van der Waals surface area contributed by atoms with Gasteiger partial charge < -0.3 is 15.6 Å². The third kappa shape index (κ3) is 2.28. The first-order chi connectivity index (χ1) is 10.7. The number of aliphatic hydroxyl groups is 1. The first kappa shape index (κ1) is 15.2. The number of amides is 1. The Hall–Kier alpha value is -2.72. The Morgan fingerprint density at radius 1 is 1.35 bits per heavy atom. The van der Waals surface area contributed by atoms with Crippen molar-refractivity contribution in [2.45, 2.75) is 19.0 Å². The summed E-state index contributed by atoms with van der Waals surface area (Å²) < 4.78 is 45.7. The minimum absolute atomic E-state index is 0.000629. The van der Waals surface area contributed by atoms with Crippen LogP contribution in [0.4, 0.5) is 13.2 Å². The zero-order valence-corrected chi connectivity index (χ0v) is 11.8. The number of alkyl halides is 2. The highest BCUT2D eigenvalue weighted by atomic mass is 19.3. The van der Waals surface area contributed by atoms with Crippen LogP contribution in [-0.4, -0.2) is 23.0 Å². The van der Waals surface area contributed by atoms with Crippen LogP contribution in [0, 0.1) is 5.82 Å². The summed E-state index contributed by atoms with van der Waals surface area (Å²) >= 11 is 0.